The molecule has 0 bridgehead atoms. The van der Waals surface area contributed by atoms with Gasteiger partial charge in [-0.25, -0.2) is 0 Å². The van der Waals surface area contributed by atoms with Crippen molar-refractivity contribution >= 4 is 16.7 Å². The molecule has 0 atom stereocenters. The largest absolute Gasteiger partial charge is 0.496 e. The first kappa shape index (κ1) is 20.7. The summed E-state index contributed by atoms with van der Waals surface area (Å²) in [5.74, 6) is 0.622. The first-order valence-corrected chi connectivity index (χ1v) is 9.64. The Labute approximate surface area is 170 Å². The van der Waals surface area contributed by atoms with Gasteiger partial charge in [-0.3, -0.25) is 4.79 Å². The molecule has 0 aliphatic carbocycles. The van der Waals surface area contributed by atoms with Gasteiger partial charge in [-0.1, -0.05) is 36.4 Å². The number of ether oxygens (including phenoxy) is 3. The van der Waals surface area contributed by atoms with E-state index in [0.29, 0.717) is 31.1 Å². The molecule has 0 unspecified atom stereocenters. The second kappa shape index (κ2) is 9.43. The van der Waals surface area contributed by atoms with Gasteiger partial charge in [-0.2, -0.15) is 0 Å². The van der Waals surface area contributed by atoms with Gasteiger partial charge in [0.05, 0.1) is 26.4 Å². The Morgan fingerprint density at radius 2 is 1.62 bits per heavy atom. The van der Waals surface area contributed by atoms with Crippen LogP contribution in [0.15, 0.2) is 48.5 Å². The topological polar surface area (TPSA) is 65.0 Å². The molecule has 0 saturated heterocycles. The Balaban J connectivity index is 2.17. The van der Waals surface area contributed by atoms with Crippen LogP contribution in [0.2, 0.25) is 0 Å². The highest BCUT2D eigenvalue weighted by atomic mass is 16.5. The van der Waals surface area contributed by atoms with Crippen LogP contribution >= 0.6 is 0 Å². The van der Waals surface area contributed by atoms with E-state index in [1.807, 2.05) is 55.5 Å². The molecule has 1 N–H and O–H groups in total. The molecule has 5 nitrogen and oxygen atoms in total. The second-order valence-corrected chi connectivity index (χ2v) is 6.72. The minimum absolute atomic E-state index is 0.0993. The lowest BCUT2D eigenvalue weighted by molar-refractivity contribution is -0.136. The second-order valence-electron chi connectivity index (χ2n) is 6.72. The van der Waals surface area contributed by atoms with Crippen molar-refractivity contribution in [3.63, 3.8) is 0 Å². The summed E-state index contributed by atoms with van der Waals surface area (Å²) in [5.41, 5.74) is 3.84. The number of carboxylic acid groups (broad SMARTS) is 1. The van der Waals surface area contributed by atoms with Gasteiger partial charge in [0.1, 0.15) is 11.5 Å². The van der Waals surface area contributed by atoms with E-state index >= 15 is 0 Å². The van der Waals surface area contributed by atoms with Gasteiger partial charge in [-0.15, -0.1) is 0 Å². The Morgan fingerprint density at radius 3 is 2.24 bits per heavy atom. The molecule has 3 rings (SSSR count). The average Bonchev–Trinajstić information content (AvgIpc) is 2.74. The predicted octanol–water partition coefficient (Wildman–Crippen LogP) is 5.08. The number of fused-ring (bicyclic) bond motifs is 1. The molecule has 0 saturated carbocycles. The van der Waals surface area contributed by atoms with Gasteiger partial charge in [0.25, 0.3) is 0 Å². The highest BCUT2D eigenvalue weighted by molar-refractivity contribution is 6.01. The number of rotatable bonds is 9. The van der Waals surface area contributed by atoms with E-state index in [1.54, 1.807) is 14.2 Å². The quantitative estimate of drug-likeness (QED) is 0.548. The fourth-order valence-corrected chi connectivity index (χ4v) is 3.59. The summed E-state index contributed by atoms with van der Waals surface area (Å²) in [6.07, 6.45) is 0.583. The molecule has 152 valence electrons. The van der Waals surface area contributed by atoms with Crippen molar-refractivity contribution < 1.29 is 24.1 Å². The SMILES string of the molecule is CCOCc1cc(OC)c(-c2cccc3c(CCC(=O)O)cccc23)c(OC)c1. The summed E-state index contributed by atoms with van der Waals surface area (Å²) < 4.78 is 17.0. The zero-order valence-corrected chi connectivity index (χ0v) is 17.0. The van der Waals surface area contributed by atoms with Gasteiger partial charge in [0, 0.05) is 13.0 Å². The van der Waals surface area contributed by atoms with Crippen LogP contribution in [0.3, 0.4) is 0 Å². The van der Waals surface area contributed by atoms with Crippen LogP contribution in [0.5, 0.6) is 11.5 Å². The van der Waals surface area contributed by atoms with Crippen LogP contribution in [-0.4, -0.2) is 31.9 Å². The molecule has 0 radical (unpaired) electrons. The monoisotopic (exact) mass is 394 g/mol. The normalized spacial score (nSPS) is 10.9. The lowest BCUT2D eigenvalue weighted by atomic mass is 9.92. The van der Waals surface area contributed by atoms with Crippen LogP contribution < -0.4 is 9.47 Å². The van der Waals surface area contributed by atoms with Crippen molar-refractivity contribution in [2.75, 3.05) is 20.8 Å². The maximum Gasteiger partial charge on any atom is 0.303 e. The number of aryl methyl sites for hydroxylation is 1. The van der Waals surface area contributed by atoms with E-state index in [4.69, 9.17) is 19.3 Å². The summed E-state index contributed by atoms with van der Waals surface area (Å²) in [6.45, 7) is 3.08. The zero-order chi connectivity index (χ0) is 20.8. The van der Waals surface area contributed by atoms with Crippen LogP contribution in [0.4, 0.5) is 0 Å². The Kier molecular flexibility index (Phi) is 6.73. The molecule has 29 heavy (non-hydrogen) atoms. The third-order valence-electron chi connectivity index (χ3n) is 4.93. The molecule has 0 heterocycles. The Morgan fingerprint density at radius 1 is 0.966 bits per heavy atom. The Bertz CT molecular complexity index is 984. The maximum absolute atomic E-state index is 11.0. The van der Waals surface area contributed by atoms with Crippen LogP contribution in [0.1, 0.15) is 24.5 Å². The number of benzene rings is 3. The molecule has 0 spiro atoms. The van der Waals surface area contributed by atoms with Crippen molar-refractivity contribution in [3.05, 3.63) is 59.7 Å². The molecule has 5 heteroatoms. The summed E-state index contributed by atoms with van der Waals surface area (Å²) in [7, 11) is 3.29. The van der Waals surface area contributed by atoms with E-state index in [9.17, 15) is 4.79 Å². The van der Waals surface area contributed by atoms with E-state index in [0.717, 1.165) is 33.0 Å². The first-order chi connectivity index (χ1) is 14.1. The molecule has 0 aliphatic rings. The number of methoxy groups -OCH3 is 2. The van der Waals surface area contributed by atoms with Crippen molar-refractivity contribution in [2.24, 2.45) is 0 Å². The van der Waals surface area contributed by atoms with Crippen molar-refractivity contribution in [2.45, 2.75) is 26.4 Å². The van der Waals surface area contributed by atoms with Gasteiger partial charge in [0.2, 0.25) is 0 Å². The number of carbonyl (C=O) groups is 1. The fraction of sp³-hybridized carbons (Fsp3) is 0.292. The van der Waals surface area contributed by atoms with E-state index < -0.39 is 5.97 Å². The highest BCUT2D eigenvalue weighted by Gasteiger charge is 2.18. The highest BCUT2D eigenvalue weighted by Crippen LogP contribution is 2.43. The van der Waals surface area contributed by atoms with Crippen molar-refractivity contribution in [3.8, 4) is 22.6 Å². The van der Waals surface area contributed by atoms with Crippen molar-refractivity contribution in [1.82, 2.24) is 0 Å². The first-order valence-electron chi connectivity index (χ1n) is 9.64. The molecular weight excluding hydrogens is 368 g/mol. The van der Waals surface area contributed by atoms with Crippen LogP contribution in [0.25, 0.3) is 21.9 Å². The standard InChI is InChI=1S/C24H26O5/c1-4-29-15-16-13-21(27-2)24(22(14-16)28-3)20-10-6-8-18-17(11-12-23(25)26)7-5-9-19(18)20/h5-10,13-14H,4,11-12,15H2,1-3H3,(H,25,26). The molecule has 0 aromatic heterocycles. The number of hydrogen-bond donors (Lipinski definition) is 1. The van der Waals surface area contributed by atoms with E-state index in [1.165, 1.54) is 0 Å². The molecular formula is C24H26O5. The molecule has 0 fully saturated rings. The number of carboxylic acids is 1. The van der Waals surface area contributed by atoms with Gasteiger partial charge in [0.15, 0.2) is 0 Å². The van der Waals surface area contributed by atoms with Gasteiger partial charge in [-0.05, 0) is 52.9 Å². The lowest BCUT2D eigenvalue weighted by Crippen LogP contribution is -2.00. The summed E-state index contributed by atoms with van der Waals surface area (Å²) in [5, 5.41) is 11.1. The smallest absolute Gasteiger partial charge is 0.303 e. The molecule has 3 aromatic carbocycles. The van der Waals surface area contributed by atoms with E-state index in [-0.39, 0.29) is 6.42 Å². The predicted molar refractivity (Wildman–Crippen MR) is 114 cm³/mol. The molecule has 0 aliphatic heterocycles. The molecule has 0 amide bonds. The summed E-state index contributed by atoms with van der Waals surface area (Å²) in [4.78, 5) is 11.0. The van der Waals surface area contributed by atoms with Crippen molar-refractivity contribution in [1.29, 1.82) is 0 Å². The third-order valence-corrected chi connectivity index (χ3v) is 4.93. The minimum Gasteiger partial charge on any atom is -0.496 e. The minimum atomic E-state index is -0.800. The van der Waals surface area contributed by atoms with Crippen LogP contribution in [-0.2, 0) is 22.6 Å². The average molecular weight is 394 g/mol. The lowest BCUT2D eigenvalue weighted by Gasteiger charge is -2.18. The van der Waals surface area contributed by atoms with Gasteiger partial charge < -0.3 is 19.3 Å². The summed E-state index contributed by atoms with van der Waals surface area (Å²) in [6, 6.07) is 16.0. The fourth-order valence-electron chi connectivity index (χ4n) is 3.59. The van der Waals surface area contributed by atoms with Gasteiger partial charge >= 0.3 is 5.97 Å². The van der Waals surface area contributed by atoms with Crippen LogP contribution in [0, 0.1) is 0 Å². The maximum atomic E-state index is 11.0. The Hall–Kier alpha value is -3.05. The molecule has 3 aromatic rings. The number of aliphatic carboxylic acids is 1. The number of hydrogen-bond acceptors (Lipinski definition) is 4. The zero-order valence-electron chi connectivity index (χ0n) is 17.0. The van der Waals surface area contributed by atoms with E-state index in [2.05, 4.69) is 0 Å². The third kappa shape index (κ3) is 4.51. The summed E-state index contributed by atoms with van der Waals surface area (Å²) >= 11 is 0.